The largest absolute Gasteiger partial charge is 0.531 e. The minimum atomic E-state index is -1.37. The van der Waals surface area contributed by atoms with Gasteiger partial charge < -0.3 is 9.94 Å². The Morgan fingerprint density at radius 1 is 1.46 bits per heavy atom. The number of anilines is 1. The first-order valence-corrected chi connectivity index (χ1v) is 3.62. The highest BCUT2D eigenvalue weighted by molar-refractivity contribution is 5.60. The Balaban J connectivity index is 2.78. The molecule has 68 valence electrons. The van der Waals surface area contributed by atoms with Gasteiger partial charge in [0.25, 0.3) is 0 Å². The average molecular weight is 179 g/mol. The lowest BCUT2D eigenvalue weighted by Gasteiger charge is -2.15. The van der Waals surface area contributed by atoms with E-state index in [9.17, 15) is 4.79 Å². The zero-order chi connectivity index (χ0) is 9.68. The predicted molar refractivity (Wildman–Crippen MR) is 48.2 cm³/mol. The molecule has 13 heavy (non-hydrogen) atoms. The lowest BCUT2D eigenvalue weighted by molar-refractivity contribution is 0.0906. The number of nitrogens with zero attached hydrogens (tertiary/aromatic N) is 1. The molecule has 0 spiro atoms. The van der Waals surface area contributed by atoms with Crippen LogP contribution in [0, 0.1) is 0 Å². The maximum atomic E-state index is 10.2. The second-order valence-electron chi connectivity index (χ2n) is 2.20. The summed E-state index contributed by atoms with van der Waals surface area (Å²) in [5.74, 6) is 0. The molecule has 1 N–H and O–H groups in total. The number of carboxylic acid groups (broad SMARTS) is 1. The van der Waals surface area contributed by atoms with Gasteiger partial charge in [0.1, 0.15) is 0 Å². The first-order valence-electron chi connectivity index (χ1n) is 3.62. The summed E-state index contributed by atoms with van der Waals surface area (Å²) >= 11 is 0. The predicted octanol–water partition coefficient (Wildman–Crippen LogP) is 2.25. The molecule has 1 aromatic carbocycles. The third-order valence-electron chi connectivity index (χ3n) is 1.35. The second kappa shape index (κ2) is 4.15. The van der Waals surface area contributed by atoms with Crippen molar-refractivity contribution in [3.8, 4) is 0 Å². The fourth-order valence-electron chi connectivity index (χ4n) is 0.854. The van der Waals surface area contributed by atoms with E-state index in [0.717, 1.165) is 5.06 Å². The van der Waals surface area contributed by atoms with Crippen LogP contribution in [0.2, 0.25) is 0 Å². The van der Waals surface area contributed by atoms with Crippen molar-refractivity contribution >= 4 is 11.8 Å². The van der Waals surface area contributed by atoms with Crippen LogP contribution in [0.5, 0.6) is 0 Å². The second-order valence-corrected chi connectivity index (χ2v) is 2.20. The molecule has 0 saturated heterocycles. The van der Waals surface area contributed by atoms with Gasteiger partial charge in [0.05, 0.1) is 5.69 Å². The van der Waals surface area contributed by atoms with Crippen LogP contribution in [0.4, 0.5) is 10.5 Å². The van der Waals surface area contributed by atoms with Gasteiger partial charge in [0.15, 0.2) is 0 Å². The Morgan fingerprint density at radius 2 is 2.08 bits per heavy atom. The van der Waals surface area contributed by atoms with Gasteiger partial charge in [-0.2, -0.15) is 5.06 Å². The summed E-state index contributed by atoms with van der Waals surface area (Å²) in [6.07, 6.45) is -0.0903. The smallest absolute Gasteiger partial charge is 0.448 e. The molecule has 4 nitrogen and oxygen atoms in total. The molecule has 0 amide bonds. The van der Waals surface area contributed by atoms with Crippen molar-refractivity contribution in [1.82, 2.24) is 0 Å². The van der Waals surface area contributed by atoms with E-state index in [1.54, 1.807) is 24.3 Å². The van der Waals surface area contributed by atoms with E-state index >= 15 is 0 Å². The molecule has 0 aliphatic carbocycles. The number of hydrogen-bond acceptors (Lipinski definition) is 3. The molecule has 0 unspecified atom stereocenters. The van der Waals surface area contributed by atoms with Crippen molar-refractivity contribution in [3.05, 3.63) is 43.1 Å². The Morgan fingerprint density at radius 3 is 2.54 bits per heavy atom. The zero-order valence-corrected chi connectivity index (χ0v) is 6.88. The van der Waals surface area contributed by atoms with Gasteiger partial charge in [-0.05, 0) is 12.1 Å². The van der Waals surface area contributed by atoms with Crippen LogP contribution in [0.3, 0.4) is 0 Å². The van der Waals surface area contributed by atoms with Crippen molar-refractivity contribution in [3.63, 3.8) is 0 Å². The molecule has 0 aliphatic rings. The lowest BCUT2D eigenvalue weighted by Crippen LogP contribution is -2.19. The van der Waals surface area contributed by atoms with Crippen LogP contribution >= 0.6 is 0 Å². The number of para-hydroxylation sites is 1. The number of hydroxylamine groups is 1. The SMILES string of the molecule is C=CN(OC(=O)O)c1ccccc1. The first kappa shape index (κ1) is 9.12. The van der Waals surface area contributed by atoms with E-state index in [-0.39, 0.29) is 0 Å². The molecular formula is C9H9NO3. The number of rotatable bonds is 3. The van der Waals surface area contributed by atoms with Crippen molar-refractivity contribution in [2.75, 3.05) is 5.06 Å². The van der Waals surface area contributed by atoms with Crippen LogP contribution in [-0.2, 0) is 4.84 Å². The van der Waals surface area contributed by atoms with Crippen LogP contribution in [-0.4, -0.2) is 11.3 Å². The minimum Gasteiger partial charge on any atom is -0.448 e. The van der Waals surface area contributed by atoms with Gasteiger partial charge in [0, 0.05) is 6.20 Å². The van der Waals surface area contributed by atoms with Crippen LogP contribution in [0.25, 0.3) is 0 Å². The van der Waals surface area contributed by atoms with Crippen molar-refractivity contribution in [2.24, 2.45) is 0 Å². The number of hydrogen-bond donors (Lipinski definition) is 1. The van der Waals surface area contributed by atoms with Gasteiger partial charge in [-0.25, -0.2) is 4.79 Å². The summed E-state index contributed by atoms with van der Waals surface area (Å²) in [7, 11) is 0. The van der Waals surface area contributed by atoms with E-state index in [1.165, 1.54) is 6.20 Å². The third kappa shape index (κ3) is 2.52. The Labute approximate surface area is 75.6 Å². The molecule has 1 aromatic rings. The van der Waals surface area contributed by atoms with Crippen molar-refractivity contribution in [2.45, 2.75) is 0 Å². The monoisotopic (exact) mass is 179 g/mol. The van der Waals surface area contributed by atoms with Crippen molar-refractivity contribution < 1.29 is 14.7 Å². The highest BCUT2D eigenvalue weighted by Gasteiger charge is 2.06. The van der Waals surface area contributed by atoms with E-state index in [1.807, 2.05) is 6.07 Å². The summed E-state index contributed by atoms with van der Waals surface area (Å²) in [5.41, 5.74) is 0.611. The molecule has 0 fully saturated rings. The topological polar surface area (TPSA) is 49.8 Å². The summed E-state index contributed by atoms with van der Waals surface area (Å²) in [6, 6.07) is 8.80. The van der Waals surface area contributed by atoms with E-state index in [4.69, 9.17) is 5.11 Å². The fourth-order valence-corrected chi connectivity index (χ4v) is 0.854. The van der Waals surface area contributed by atoms with Gasteiger partial charge in [-0.15, -0.1) is 0 Å². The van der Waals surface area contributed by atoms with Crippen molar-refractivity contribution in [1.29, 1.82) is 0 Å². The minimum absolute atomic E-state index is 0.611. The van der Waals surface area contributed by atoms with E-state index < -0.39 is 6.16 Å². The third-order valence-corrected chi connectivity index (χ3v) is 1.35. The molecule has 0 bridgehead atoms. The first-order chi connectivity index (χ1) is 6.24. The molecule has 0 aliphatic heterocycles. The zero-order valence-electron chi connectivity index (χ0n) is 6.88. The summed E-state index contributed by atoms with van der Waals surface area (Å²) in [6.45, 7) is 3.43. The molecule has 1 rings (SSSR count). The highest BCUT2D eigenvalue weighted by Crippen LogP contribution is 2.13. The van der Waals surface area contributed by atoms with E-state index in [2.05, 4.69) is 11.4 Å². The standard InChI is InChI=1S/C9H9NO3/c1-2-10(13-9(11)12)8-6-4-3-5-7-8/h2-7H,1H2,(H,11,12). The van der Waals surface area contributed by atoms with Crippen LogP contribution in [0.1, 0.15) is 0 Å². The van der Waals surface area contributed by atoms with Gasteiger partial charge >= 0.3 is 6.16 Å². The maximum Gasteiger partial charge on any atom is 0.531 e. The molecule has 0 atom stereocenters. The van der Waals surface area contributed by atoms with Crippen LogP contribution in [0.15, 0.2) is 43.1 Å². The maximum absolute atomic E-state index is 10.2. The number of carbonyl (C=O) groups is 1. The summed E-state index contributed by atoms with van der Waals surface area (Å²) in [5, 5.41) is 9.44. The fraction of sp³-hybridized carbons (Fsp3) is 0. The van der Waals surface area contributed by atoms with Gasteiger partial charge in [0.2, 0.25) is 0 Å². The lowest BCUT2D eigenvalue weighted by atomic mass is 10.3. The molecule has 4 heteroatoms. The molecule has 0 heterocycles. The number of benzene rings is 1. The normalized spacial score (nSPS) is 8.92. The quantitative estimate of drug-likeness (QED) is 0.723. The molecule has 0 radical (unpaired) electrons. The summed E-state index contributed by atoms with van der Waals surface area (Å²) < 4.78 is 0. The Hall–Kier alpha value is -1.97. The highest BCUT2D eigenvalue weighted by atomic mass is 16.8. The molecular weight excluding hydrogens is 170 g/mol. The van der Waals surface area contributed by atoms with Crippen LogP contribution < -0.4 is 5.06 Å². The molecule has 0 aromatic heterocycles. The van der Waals surface area contributed by atoms with Gasteiger partial charge in [-0.3, -0.25) is 0 Å². The Bertz CT molecular complexity index is 297. The van der Waals surface area contributed by atoms with E-state index in [0.29, 0.717) is 5.69 Å². The Kier molecular flexibility index (Phi) is 2.92. The molecule has 0 saturated carbocycles. The van der Waals surface area contributed by atoms with Gasteiger partial charge in [-0.1, -0.05) is 24.8 Å². The average Bonchev–Trinajstić information content (AvgIpc) is 2.15. The summed E-state index contributed by atoms with van der Waals surface area (Å²) in [4.78, 5) is 14.6.